The molecule has 3 rings (SSSR count). The van der Waals surface area contributed by atoms with Gasteiger partial charge < -0.3 is 0 Å². The summed E-state index contributed by atoms with van der Waals surface area (Å²) in [5, 5.41) is 0. The molecule has 0 spiro atoms. The van der Waals surface area contributed by atoms with Gasteiger partial charge in [0.15, 0.2) is 0 Å². The van der Waals surface area contributed by atoms with Crippen LogP contribution in [-0.4, -0.2) is 4.98 Å². The van der Waals surface area contributed by atoms with Gasteiger partial charge in [-0.05, 0) is 34.4 Å². The van der Waals surface area contributed by atoms with Crippen molar-refractivity contribution in [2.45, 2.75) is 0 Å². The van der Waals surface area contributed by atoms with Crippen LogP contribution in [-0.2, 0) is 0 Å². The summed E-state index contributed by atoms with van der Waals surface area (Å²) in [7, 11) is 0. The van der Waals surface area contributed by atoms with Gasteiger partial charge in [-0.25, -0.2) is 0 Å². The van der Waals surface area contributed by atoms with Crippen molar-refractivity contribution in [1.29, 1.82) is 0 Å². The Bertz CT molecular complexity index is 683. The smallest absolute Gasteiger partial charge is 0.0273 e. The Balaban J connectivity index is 1.79. The summed E-state index contributed by atoms with van der Waals surface area (Å²) in [4.78, 5) is 4.01. The average Bonchev–Trinajstić information content (AvgIpc) is 2.55. The van der Waals surface area contributed by atoms with E-state index < -0.39 is 0 Å². The van der Waals surface area contributed by atoms with Crippen molar-refractivity contribution in [3.63, 3.8) is 0 Å². The fourth-order valence-electron chi connectivity index (χ4n) is 2.08. The fraction of sp³-hybridized carbons (Fsp3) is 0. The van der Waals surface area contributed by atoms with E-state index >= 15 is 0 Å². The lowest BCUT2D eigenvalue weighted by Gasteiger charge is -2.01. The molecule has 1 aromatic heterocycles. The quantitative estimate of drug-likeness (QED) is 0.649. The van der Waals surface area contributed by atoms with Gasteiger partial charge in [0.05, 0.1) is 0 Å². The second-order valence-electron chi connectivity index (χ2n) is 4.60. The summed E-state index contributed by atoms with van der Waals surface area (Å²) < 4.78 is 0. The van der Waals surface area contributed by atoms with Crippen LogP contribution in [0.5, 0.6) is 0 Å². The number of pyridine rings is 1. The van der Waals surface area contributed by atoms with E-state index in [1.54, 1.807) is 12.4 Å². The molecule has 0 amide bonds. The molecule has 0 aliphatic rings. The molecule has 0 bridgehead atoms. The van der Waals surface area contributed by atoms with Crippen molar-refractivity contribution in [1.82, 2.24) is 4.98 Å². The monoisotopic (exact) mass is 257 g/mol. The maximum absolute atomic E-state index is 4.01. The van der Waals surface area contributed by atoms with E-state index in [-0.39, 0.29) is 0 Å². The van der Waals surface area contributed by atoms with Crippen LogP contribution in [0.25, 0.3) is 23.3 Å². The van der Waals surface area contributed by atoms with Crippen molar-refractivity contribution >= 4 is 12.2 Å². The molecule has 2 aromatic carbocycles. The minimum absolute atomic E-state index is 1.16. The number of hydrogen-bond donors (Lipinski definition) is 0. The lowest BCUT2D eigenvalue weighted by atomic mass is 10.0. The molecule has 0 aliphatic heterocycles. The minimum Gasteiger partial charge on any atom is -0.265 e. The first-order valence-corrected chi connectivity index (χ1v) is 6.65. The summed E-state index contributed by atoms with van der Waals surface area (Å²) in [6.45, 7) is 0. The maximum Gasteiger partial charge on any atom is 0.0273 e. The van der Waals surface area contributed by atoms with Gasteiger partial charge >= 0.3 is 0 Å². The molecule has 0 saturated carbocycles. The van der Waals surface area contributed by atoms with E-state index in [1.807, 2.05) is 18.2 Å². The van der Waals surface area contributed by atoms with Crippen molar-refractivity contribution in [3.05, 3.63) is 90.3 Å². The van der Waals surface area contributed by atoms with Crippen LogP contribution in [0.15, 0.2) is 79.1 Å². The summed E-state index contributed by atoms with van der Waals surface area (Å²) in [6, 6.07) is 23.0. The summed E-state index contributed by atoms with van der Waals surface area (Å²) in [5.41, 5.74) is 4.84. The predicted octanol–water partition coefficient (Wildman–Crippen LogP) is 4.92. The third-order valence-electron chi connectivity index (χ3n) is 3.19. The zero-order valence-electron chi connectivity index (χ0n) is 11.1. The first kappa shape index (κ1) is 12.4. The Morgan fingerprint density at radius 3 is 1.75 bits per heavy atom. The largest absolute Gasteiger partial charge is 0.265 e. The summed E-state index contributed by atoms with van der Waals surface area (Å²) in [5.74, 6) is 0. The highest BCUT2D eigenvalue weighted by Gasteiger charge is 1.95. The van der Waals surface area contributed by atoms with Crippen molar-refractivity contribution in [2.24, 2.45) is 0 Å². The van der Waals surface area contributed by atoms with Gasteiger partial charge in [-0.15, -0.1) is 0 Å². The molecule has 1 heteroatoms. The summed E-state index contributed by atoms with van der Waals surface area (Å²) >= 11 is 0. The first-order valence-electron chi connectivity index (χ1n) is 6.65. The lowest BCUT2D eigenvalue weighted by Crippen LogP contribution is -1.78. The molecule has 0 saturated heterocycles. The zero-order chi connectivity index (χ0) is 13.6. The van der Waals surface area contributed by atoms with Gasteiger partial charge in [0.1, 0.15) is 0 Å². The van der Waals surface area contributed by atoms with Crippen LogP contribution in [0.4, 0.5) is 0 Å². The van der Waals surface area contributed by atoms with Crippen molar-refractivity contribution < 1.29 is 0 Å². The van der Waals surface area contributed by atoms with Gasteiger partial charge in [0.25, 0.3) is 0 Å². The van der Waals surface area contributed by atoms with E-state index in [4.69, 9.17) is 0 Å². The molecule has 96 valence electrons. The van der Waals surface area contributed by atoms with Gasteiger partial charge in [-0.2, -0.15) is 0 Å². The normalized spacial score (nSPS) is 10.8. The van der Waals surface area contributed by atoms with E-state index in [0.29, 0.717) is 0 Å². The fourth-order valence-corrected chi connectivity index (χ4v) is 2.08. The van der Waals surface area contributed by atoms with Gasteiger partial charge in [-0.1, -0.05) is 66.7 Å². The van der Waals surface area contributed by atoms with Crippen molar-refractivity contribution in [3.8, 4) is 11.1 Å². The minimum atomic E-state index is 1.16. The topological polar surface area (TPSA) is 12.9 Å². The zero-order valence-corrected chi connectivity index (χ0v) is 11.1. The second-order valence-corrected chi connectivity index (χ2v) is 4.60. The maximum atomic E-state index is 4.01. The Morgan fingerprint density at radius 2 is 1.10 bits per heavy atom. The molecule has 3 aromatic rings. The highest BCUT2D eigenvalue weighted by molar-refractivity contribution is 5.71. The number of aromatic nitrogens is 1. The van der Waals surface area contributed by atoms with Gasteiger partial charge in [0, 0.05) is 12.4 Å². The predicted molar refractivity (Wildman–Crippen MR) is 85.0 cm³/mol. The SMILES string of the molecule is C(=Cc1ccc(-c2ccccc2)cc1)c1ccncc1. The highest BCUT2D eigenvalue weighted by atomic mass is 14.6. The van der Waals surface area contributed by atoms with E-state index in [0.717, 1.165) is 5.56 Å². The molecule has 1 heterocycles. The molecule has 0 N–H and O–H groups in total. The van der Waals surface area contributed by atoms with Crippen LogP contribution in [0.1, 0.15) is 11.1 Å². The standard InChI is InChI=1S/C19H15N/c1-2-4-18(5-3-1)19-10-8-16(9-11-19)6-7-17-12-14-20-15-13-17/h1-15H. The van der Waals surface area contributed by atoms with Crippen LogP contribution in [0.2, 0.25) is 0 Å². The molecule has 0 radical (unpaired) electrons. The molecule has 20 heavy (non-hydrogen) atoms. The average molecular weight is 257 g/mol. The molecular weight excluding hydrogens is 242 g/mol. The van der Waals surface area contributed by atoms with Crippen molar-refractivity contribution in [2.75, 3.05) is 0 Å². The third kappa shape index (κ3) is 3.01. The number of nitrogens with zero attached hydrogens (tertiary/aromatic N) is 1. The third-order valence-corrected chi connectivity index (χ3v) is 3.19. The number of rotatable bonds is 3. The molecule has 0 atom stereocenters. The Kier molecular flexibility index (Phi) is 3.70. The first-order chi connectivity index (χ1) is 9.92. The van der Waals surface area contributed by atoms with E-state index in [1.165, 1.54) is 16.7 Å². The molecule has 0 aliphatic carbocycles. The second kappa shape index (κ2) is 5.98. The lowest BCUT2D eigenvalue weighted by molar-refractivity contribution is 1.32. The Hall–Kier alpha value is -2.67. The van der Waals surface area contributed by atoms with Crippen LogP contribution in [0, 0.1) is 0 Å². The summed E-state index contributed by atoms with van der Waals surface area (Å²) in [6.07, 6.45) is 7.82. The Labute approximate surface area is 119 Å². The van der Waals surface area contributed by atoms with Crippen LogP contribution in [0.3, 0.4) is 0 Å². The highest BCUT2D eigenvalue weighted by Crippen LogP contribution is 2.19. The molecule has 0 fully saturated rings. The van der Waals surface area contributed by atoms with Crippen LogP contribution < -0.4 is 0 Å². The molecule has 1 nitrogen and oxygen atoms in total. The molecular formula is C19H15N. The molecule has 0 unspecified atom stereocenters. The van der Waals surface area contributed by atoms with E-state index in [9.17, 15) is 0 Å². The van der Waals surface area contributed by atoms with Crippen LogP contribution >= 0.6 is 0 Å². The number of hydrogen-bond acceptors (Lipinski definition) is 1. The number of benzene rings is 2. The van der Waals surface area contributed by atoms with Gasteiger partial charge in [-0.3, -0.25) is 4.98 Å². The van der Waals surface area contributed by atoms with Gasteiger partial charge in [0.2, 0.25) is 0 Å². The Morgan fingerprint density at radius 1 is 0.550 bits per heavy atom. The van der Waals surface area contributed by atoms with E-state index in [2.05, 4.69) is 65.7 Å².